The van der Waals surface area contributed by atoms with E-state index in [1.165, 1.54) is 0 Å². The molecular formula is C15H19CuN5O7. The average molecular weight is 445 g/mol. The fraction of sp³-hybridized carbons (Fsp3) is 0.333. The first-order chi connectivity index (χ1) is 12.8. The predicted molar refractivity (Wildman–Crippen MR) is 95.0 cm³/mol. The van der Waals surface area contributed by atoms with Gasteiger partial charge in [-0.1, -0.05) is 12.1 Å². The number of pyridine rings is 2. The number of hydrogen-bond donors (Lipinski definition) is 1. The van der Waals surface area contributed by atoms with Crippen LogP contribution in [0.5, 0.6) is 0 Å². The number of rotatable bonds is 7. The molecule has 0 aliphatic rings. The van der Waals surface area contributed by atoms with Crippen LogP contribution >= 0.6 is 0 Å². The number of nitrogens with zero attached hydrogens (tertiary/aromatic N) is 5. The van der Waals surface area contributed by atoms with Crippen LogP contribution in [0.2, 0.25) is 0 Å². The number of aliphatic hydroxyl groups excluding tert-OH is 1. The Hall–Kier alpha value is -2.86. The third kappa shape index (κ3) is 17.9. The summed E-state index contributed by atoms with van der Waals surface area (Å²) in [6.45, 7) is 2.60. The maximum atomic E-state index is 8.99. The van der Waals surface area contributed by atoms with Crippen molar-refractivity contribution < 1.29 is 32.3 Å². The first kappa shape index (κ1) is 27.4. The molecule has 28 heavy (non-hydrogen) atoms. The van der Waals surface area contributed by atoms with Crippen molar-refractivity contribution >= 4 is 0 Å². The SMILES string of the molecule is O=[N+]([O-])[O-].O=[N+]([O-])[O-].OCCCN(Cc1ccccn1)Cc1ccccn1.[Cu+2]. The van der Waals surface area contributed by atoms with E-state index in [1.54, 1.807) is 12.4 Å². The van der Waals surface area contributed by atoms with Crippen molar-refractivity contribution in [3.05, 3.63) is 90.8 Å². The van der Waals surface area contributed by atoms with Gasteiger partial charge in [0.25, 0.3) is 0 Å². The van der Waals surface area contributed by atoms with Crippen molar-refractivity contribution in [3.8, 4) is 0 Å². The van der Waals surface area contributed by atoms with Gasteiger partial charge in [-0.05, 0) is 30.7 Å². The van der Waals surface area contributed by atoms with E-state index in [9.17, 15) is 0 Å². The standard InChI is InChI=1S/C15H19N3O.Cu.2NO3/c19-11-5-10-18(12-14-6-1-3-8-16-14)13-15-7-2-4-9-17-15;;2*2-1(3)4/h1-4,6-9,19H,5,10-13H2;;;/q;+2;2*-1. The summed E-state index contributed by atoms with van der Waals surface area (Å²) in [5.41, 5.74) is 2.08. The van der Waals surface area contributed by atoms with Crippen LogP contribution in [0.4, 0.5) is 0 Å². The Morgan fingerprint density at radius 3 is 1.54 bits per heavy atom. The molecule has 1 N–H and O–H groups in total. The van der Waals surface area contributed by atoms with Gasteiger partial charge in [0.05, 0.1) is 21.6 Å². The van der Waals surface area contributed by atoms with Crippen LogP contribution in [0.1, 0.15) is 17.8 Å². The van der Waals surface area contributed by atoms with E-state index in [1.807, 2.05) is 36.4 Å². The zero-order valence-corrected chi connectivity index (χ0v) is 15.5. The molecule has 0 atom stereocenters. The van der Waals surface area contributed by atoms with Crippen molar-refractivity contribution in [2.45, 2.75) is 19.5 Å². The molecule has 0 aromatic carbocycles. The molecule has 0 aliphatic heterocycles. The maximum absolute atomic E-state index is 8.99. The van der Waals surface area contributed by atoms with Crippen LogP contribution in [0.3, 0.4) is 0 Å². The smallest absolute Gasteiger partial charge is 0.396 e. The summed E-state index contributed by atoms with van der Waals surface area (Å²) in [5, 5.41) is 38.5. The monoisotopic (exact) mass is 444 g/mol. The molecule has 0 spiro atoms. The molecule has 2 aromatic heterocycles. The van der Waals surface area contributed by atoms with Gasteiger partial charge in [0.15, 0.2) is 0 Å². The molecule has 12 nitrogen and oxygen atoms in total. The first-order valence-electron chi connectivity index (χ1n) is 7.61. The fourth-order valence-electron chi connectivity index (χ4n) is 1.95. The molecule has 2 heterocycles. The summed E-state index contributed by atoms with van der Waals surface area (Å²) < 4.78 is 0. The van der Waals surface area contributed by atoms with Crippen molar-refractivity contribution in [2.24, 2.45) is 0 Å². The topological polar surface area (TPSA) is 182 Å². The summed E-state index contributed by atoms with van der Waals surface area (Å²) in [7, 11) is 0. The maximum Gasteiger partial charge on any atom is 2.00 e. The van der Waals surface area contributed by atoms with Crippen LogP contribution < -0.4 is 0 Å². The zero-order valence-electron chi connectivity index (χ0n) is 14.6. The minimum absolute atomic E-state index is 0. The number of aromatic nitrogens is 2. The van der Waals surface area contributed by atoms with E-state index in [-0.39, 0.29) is 23.7 Å². The van der Waals surface area contributed by atoms with E-state index in [0.29, 0.717) is 0 Å². The Morgan fingerprint density at radius 1 is 0.857 bits per heavy atom. The van der Waals surface area contributed by atoms with Crippen LogP contribution in [-0.2, 0) is 30.2 Å². The van der Waals surface area contributed by atoms with E-state index >= 15 is 0 Å². The Bertz CT molecular complexity index is 590. The van der Waals surface area contributed by atoms with Gasteiger partial charge in [0, 0.05) is 38.6 Å². The molecule has 0 bridgehead atoms. The van der Waals surface area contributed by atoms with Crippen molar-refractivity contribution in [1.29, 1.82) is 0 Å². The van der Waals surface area contributed by atoms with Gasteiger partial charge >= 0.3 is 17.1 Å². The zero-order chi connectivity index (χ0) is 20.5. The molecule has 0 fully saturated rings. The molecule has 1 radical (unpaired) electrons. The molecule has 2 rings (SSSR count). The third-order valence-corrected chi connectivity index (χ3v) is 2.86. The number of hydrogen-bond acceptors (Lipinski definition) is 10. The molecule has 157 valence electrons. The second kappa shape index (κ2) is 17.5. The second-order valence-corrected chi connectivity index (χ2v) is 4.88. The summed E-state index contributed by atoms with van der Waals surface area (Å²) >= 11 is 0. The van der Waals surface area contributed by atoms with Crippen LogP contribution in [-0.4, -0.2) is 43.3 Å². The molecule has 0 unspecified atom stereocenters. The quantitative estimate of drug-likeness (QED) is 0.371. The fourth-order valence-corrected chi connectivity index (χ4v) is 1.95. The average Bonchev–Trinajstić information content (AvgIpc) is 2.60. The van der Waals surface area contributed by atoms with Crippen molar-refractivity contribution in [1.82, 2.24) is 14.9 Å². The summed E-state index contributed by atoms with van der Waals surface area (Å²) in [6, 6.07) is 11.9. The van der Waals surface area contributed by atoms with Gasteiger partial charge in [0.2, 0.25) is 0 Å². The molecule has 0 saturated carbocycles. The Balaban J connectivity index is 0. The van der Waals surface area contributed by atoms with Crippen LogP contribution in [0.25, 0.3) is 0 Å². The normalized spacial score (nSPS) is 9.07. The number of aliphatic hydroxyl groups is 1. The molecule has 0 amide bonds. The van der Waals surface area contributed by atoms with Crippen LogP contribution in [0, 0.1) is 30.6 Å². The molecule has 2 aromatic rings. The minimum Gasteiger partial charge on any atom is -0.396 e. The Morgan fingerprint density at radius 2 is 1.25 bits per heavy atom. The van der Waals surface area contributed by atoms with E-state index in [2.05, 4.69) is 14.9 Å². The van der Waals surface area contributed by atoms with Crippen molar-refractivity contribution in [2.75, 3.05) is 13.2 Å². The third-order valence-electron chi connectivity index (χ3n) is 2.86. The summed E-state index contributed by atoms with van der Waals surface area (Å²) in [5.74, 6) is 0. The Labute approximate surface area is 171 Å². The molecule has 0 aliphatic carbocycles. The minimum atomic E-state index is -1.75. The second-order valence-electron chi connectivity index (χ2n) is 4.88. The Kier molecular flexibility index (Phi) is 17.1. The van der Waals surface area contributed by atoms with Gasteiger partial charge in [0.1, 0.15) is 0 Å². The van der Waals surface area contributed by atoms with E-state index in [4.69, 9.17) is 35.7 Å². The van der Waals surface area contributed by atoms with Gasteiger partial charge < -0.3 is 35.7 Å². The molecule has 0 saturated heterocycles. The van der Waals surface area contributed by atoms with Gasteiger partial charge in [-0.15, -0.1) is 0 Å². The largest absolute Gasteiger partial charge is 2.00 e. The molecular weight excluding hydrogens is 426 g/mol. The first-order valence-corrected chi connectivity index (χ1v) is 7.61. The van der Waals surface area contributed by atoms with Crippen molar-refractivity contribution in [3.63, 3.8) is 0 Å². The van der Waals surface area contributed by atoms with Crippen LogP contribution in [0.15, 0.2) is 48.8 Å². The van der Waals surface area contributed by atoms with E-state index < -0.39 is 10.2 Å². The van der Waals surface area contributed by atoms with Gasteiger partial charge in [-0.3, -0.25) is 14.9 Å². The van der Waals surface area contributed by atoms with Gasteiger partial charge in [-0.25, -0.2) is 0 Å². The predicted octanol–water partition coefficient (Wildman–Crippen LogP) is 1.38. The molecule has 13 heteroatoms. The van der Waals surface area contributed by atoms with Gasteiger partial charge in [-0.2, -0.15) is 0 Å². The van der Waals surface area contributed by atoms with E-state index in [0.717, 1.165) is 37.4 Å². The summed E-state index contributed by atoms with van der Waals surface area (Å²) in [6.07, 6.45) is 4.38. The summed E-state index contributed by atoms with van der Waals surface area (Å²) in [4.78, 5) is 27.4.